The smallest absolute Gasteiger partial charge is 0.225 e. The van der Waals surface area contributed by atoms with Gasteiger partial charge in [-0.1, -0.05) is 36.8 Å². The highest BCUT2D eigenvalue weighted by Crippen LogP contribution is 2.25. The molecule has 7 heteroatoms. The molecule has 0 unspecified atom stereocenters. The van der Waals surface area contributed by atoms with Crippen molar-refractivity contribution >= 4 is 11.8 Å². The summed E-state index contributed by atoms with van der Waals surface area (Å²) in [7, 11) is 0. The molecule has 0 saturated carbocycles. The zero-order valence-electron chi connectivity index (χ0n) is 21.1. The number of nitrogens with one attached hydrogen (secondary N) is 1. The van der Waals surface area contributed by atoms with E-state index in [0.29, 0.717) is 18.8 Å². The van der Waals surface area contributed by atoms with E-state index in [9.17, 15) is 14.7 Å². The summed E-state index contributed by atoms with van der Waals surface area (Å²) in [5.41, 5.74) is 1.37. The molecule has 0 aromatic heterocycles. The van der Waals surface area contributed by atoms with Crippen LogP contribution >= 0.6 is 0 Å². The Bertz CT molecular complexity index is 791. The van der Waals surface area contributed by atoms with Gasteiger partial charge in [-0.3, -0.25) is 9.59 Å². The lowest BCUT2D eigenvalue weighted by atomic mass is 9.90. The zero-order valence-corrected chi connectivity index (χ0v) is 21.1. The van der Waals surface area contributed by atoms with Crippen molar-refractivity contribution in [3.63, 3.8) is 0 Å². The molecule has 3 saturated heterocycles. The maximum absolute atomic E-state index is 12.9. The van der Waals surface area contributed by atoms with Crippen LogP contribution in [0.15, 0.2) is 30.3 Å². The van der Waals surface area contributed by atoms with E-state index in [-0.39, 0.29) is 30.6 Å². The average molecular weight is 486 g/mol. The second-order valence-electron chi connectivity index (χ2n) is 10.6. The molecule has 3 aliphatic heterocycles. The third kappa shape index (κ3) is 8.02. The molecule has 3 fully saturated rings. The van der Waals surface area contributed by atoms with Gasteiger partial charge in [0.05, 0.1) is 25.2 Å². The molecular formula is C28H43N3O4. The molecule has 1 aromatic rings. The van der Waals surface area contributed by atoms with E-state index >= 15 is 0 Å². The Morgan fingerprint density at radius 2 is 1.71 bits per heavy atom. The number of amides is 2. The lowest BCUT2D eigenvalue weighted by Crippen LogP contribution is -2.52. The molecule has 2 N–H and O–H groups in total. The molecule has 0 bridgehead atoms. The summed E-state index contributed by atoms with van der Waals surface area (Å²) in [6.07, 6.45) is 8.55. The van der Waals surface area contributed by atoms with E-state index in [1.807, 2.05) is 11.0 Å². The number of carbonyl (C=O) groups is 2. The van der Waals surface area contributed by atoms with Crippen molar-refractivity contribution in [1.82, 2.24) is 15.1 Å². The van der Waals surface area contributed by atoms with Gasteiger partial charge >= 0.3 is 0 Å². The van der Waals surface area contributed by atoms with Crippen LogP contribution in [0.4, 0.5) is 0 Å². The monoisotopic (exact) mass is 485 g/mol. The summed E-state index contributed by atoms with van der Waals surface area (Å²) in [5, 5.41) is 13.0. The van der Waals surface area contributed by atoms with Gasteiger partial charge in [-0.2, -0.15) is 0 Å². The molecular weight excluding hydrogens is 442 g/mol. The number of rotatable bonds is 9. The van der Waals surface area contributed by atoms with Gasteiger partial charge in [0.25, 0.3) is 0 Å². The largest absolute Gasteiger partial charge is 0.394 e. The molecule has 0 aliphatic carbocycles. The van der Waals surface area contributed by atoms with Crippen molar-refractivity contribution in [2.75, 3.05) is 39.3 Å². The number of ether oxygens (including phenoxy) is 1. The van der Waals surface area contributed by atoms with Gasteiger partial charge in [0, 0.05) is 26.1 Å². The van der Waals surface area contributed by atoms with Crippen molar-refractivity contribution in [3.8, 4) is 0 Å². The minimum absolute atomic E-state index is 0.0236. The molecule has 1 aromatic carbocycles. The van der Waals surface area contributed by atoms with Crippen molar-refractivity contribution < 1.29 is 19.4 Å². The van der Waals surface area contributed by atoms with Gasteiger partial charge in [0.2, 0.25) is 11.8 Å². The Morgan fingerprint density at radius 3 is 2.43 bits per heavy atom. The normalized spacial score (nSPS) is 26.4. The second-order valence-corrected chi connectivity index (χ2v) is 10.6. The number of hydrogen-bond acceptors (Lipinski definition) is 5. The predicted molar refractivity (Wildman–Crippen MR) is 136 cm³/mol. The maximum Gasteiger partial charge on any atom is 0.225 e. The van der Waals surface area contributed by atoms with Crippen LogP contribution < -0.4 is 5.32 Å². The lowest BCUT2D eigenvalue weighted by molar-refractivity contribution is -0.143. The first-order valence-corrected chi connectivity index (χ1v) is 13.7. The van der Waals surface area contributed by atoms with Crippen molar-refractivity contribution in [2.45, 2.75) is 82.5 Å². The molecule has 4 rings (SSSR count). The van der Waals surface area contributed by atoms with Crippen LogP contribution in [0.1, 0.15) is 63.4 Å². The minimum Gasteiger partial charge on any atom is -0.394 e. The fourth-order valence-corrected chi connectivity index (χ4v) is 5.83. The van der Waals surface area contributed by atoms with E-state index < -0.39 is 6.10 Å². The van der Waals surface area contributed by atoms with Crippen molar-refractivity contribution in [1.29, 1.82) is 0 Å². The molecule has 3 aliphatic rings. The SMILES string of the molecule is O=C(CCN1CCCCC1)N[C@@H]1CC[C@@H](CC(=O)N2CCC(Cc3ccccc3)CC2)O[C@@H]1CO. The summed E-state index contributed by atoms with van der Waals surface area (Å²) in [4.78, 5) is 29.8. The molecule has 35 heavy (non-hydrogen) atoms. The lowest BCUT2D eigenvalue weighted by Gasteiger charge is -2.38. The average Bonchev–Trinajstić information content (AvgIpc) is 2.90. The molecule has 194 valence electrons. The molecule has 2 amide bonds. The quantitative estimate of drug-likeness (QED) is 0.562. The number of piperidine rings is 2. The van der Waals surface area contributed by atoms with E-state index in [1.165, 1.54) is 24.8 Å². The molecule has 3 atom stereocenters. The highest BCUT2D eigenvalue weighted by Gasteiger charge is 2.34. The molecule has 0 radical (unpaired) electrons. The van der Waals surface area contributed by atoms with E-state index in [4.69, 9.17) is 4.74 Å². The van der Waals surface area contributed by atoms with Crippen LogP contribution in [0.5, 0.6) is 0 Å². The second kappa shape index (κ2) is 13.4. The van der Waals surface area contributed by atoms with Crippen molar-refractivity contribution in [3.05, 3.63) is 35.9 Å². The van der Waals surface area contributed by atoms with Crippen LogP contribution in [-0.4, -0.2) is 84.3 Å². The highest BCUT2D eigenvalue weighted by atomic mass is 16.5. The van der Waals surface area contributed by atoms with Crippen LogP contribution in [0.2, 0.25) is 0 Å². The summed E-state index contributed by atoms with van der Waals surface area (Å²) in [6.45, 7) is 4.43. The number of aliphatic hydroxyl groups is 1. The molecule has 0 spiro atoms. The summed E-state index contributed by atoms with van der Waals surface area (Å²) < 4.78 is 6.08. The molecule has 7 nitrogen and oxygen atoms in total. The van der Waals surface area contributed by atoms with Crippen molar-refractivity contribution in [2.24, 2.45) is 5.92 Å². The first-order valence-electron chi connectivity index (χ1n) is 13.7. The van der Waals surface area contributed by atoms with E-state index in [0.717, 1.165) is 64.8 Å². The van der Waals surface area contributed by atoms with Crippen LogP contribution in [0.25, 0.3) is 0 Å². The van der Waals surface area contributed by atoms with E-state index in [2.05, 4.69) is 34.5 Å². The third-order valence-corrected chi connectivity index (χ3v) is 7.98. The van der Waals surface area contributed by atoms with Gasteiger partial charge in [0.15, 0.2) is 0 Å². The maximum atomic E-state index is 12.9. The Labute approximate surface area is 210 Å². The van der Waals surface area contributed by atoms with E-state index in [1.54, 1.807) is 0 Å². The predicted octanol–water partition coefficient (Wildman–Crippen LogP) is 2.76. The number of nitrogens with zero attached hydrogens (tertiary/aromatic N) is 2. The third-order valence-electron chi connectivity index (χ3n) is 7.98. The van der Waals surface area contributed by atoms with Crippen LogP contribution in [0, 0.1) is 5.92 Å². The Morgan fingerprint density at radius 1 is 0.971 bits per heavy atom. The zero-order chi connectivity index (χ0) is 24.5. The number of likely N-dealkylation sites (tertiary alicyclic amines) is 2. The summed E-state index contributed by atoms with van der Waals surface area (Å²) in [5.74, 6) is 0.801. The summed E-state index contributed by atoms with van der Waals surface area (Å²) in [6, 6.07) is 10.4. The van der Waals surface area contributed by atoms with Gasteiger partial charge in [-0.25, -0.2) is 0 Å². The Kier molecular flexibility index (Phi) is 9.98. The standard InChI is InChI=1S/C28H43N3O4/c32-21-26-25(29-27(33)13-16-30-14-5-2-6-15-30)10-9-24(35-26)20-28(34)31-17-11-23(12-18-31)19-22-7-3-1-4-8-22/h1,3-4,7-8,23-26,32H,2,5-6,9-21H2,(H,29,33)/t24-,25+,26+/m0/s1. The number of hydrogen-bond donors (Lipinski definition) is 2. The fraction of sp³-hybridized carbons (Fsp3) is 0.714. The van der Waals surface area contributed by atoms with Crippen LogP contribution in [-0.2, 0) is 20.7 Å². The Balaban J connectivity index is 1.15. The minimum atomic E-state index is -0.447. The van der Waals surface area contributed by atoms with Gasteiger partial charge in [-0.05, 0) is 69.5 Å². The number of carbonyl (C=O) groups excluding carboxylic acids is 2. The first-order chi connectivity index (χ1) is 17.1. The first kappa shape index (κ1) is 26.1. The highest BCUT2D eigenvalue weighted by molar-refractivity contribution is 5.77. The number of benzene rings is 1. The topological polar surface area (TPSA) is 82.1 Å². The van der Waals surface area contributed by atoms with Gasteiger partial charge in [-0.15, -0.1) is 0 Å². The van der Waals surface area contributed by atoms with Crippen LogP contribution in [0.3, 0.4) is 0 Å². The molecule has 3 heterocycles. The van der Waals surface area contributed by atoms with Gasteiger partial charge < -0.3 is 25.0 Å². The Hall–Kier alpha value is -1.96. The fourth-order valence-electron chi connectivity index (χ4n) is 5.83. The summed E-state index contributed by atoms with van der Waals surface area (Å²) >= 11 is 0. The number of aliphatic hydroxyl groups excluding tert-OH is 1. The van der Waals surface area contributed by atoms with Gasteiger partial charge in [0.1, 0.15) is 6.10 Å².